The number of benzene rings is 1. The minimum atomic E-state index is -1.02. The third-order valence-electron chi connectivity index (χ3n) is 4.59. The highest BCUT2D eigenvalue weighted by Crippen LogP contribution is 2.09. The fraction of sp³-hybridized carbons (Fsp3) is 0.565. The van der Waals surface area contributed by atoms with Crippen molar-refractivity contribution in [1.82, 2.24) is 16.0 Å². The van der Waals surface area contributed by atoms with Crippen LogP contribution in [0.3, 0.4) is 0 Å². The Kier molecular flexibility index (Phi) is 12.7. The second kappa shape index (κ2) is 15.0. The summed E-state index contributed by atoms with van der Waals surface area (Å²) in [5.74, 6) is -1.93. The van der Waals surface area contributed by atoms with Gasteiger partial charge in [0.1, 0.15) is 12.6 Å². The molecule has 9 nitrogen and oxygen atoms in total. The van der Waals surface area contributed by atoms with Gasteiger partial charge in [0.05, 0.1) is 12.6 Å². The molecule has 32 heavy (non-hydrogen) atoms. The maximum atomic E-state index is 13.0. The van der Waals surface area contributed by atoms with Crippen LogP contribution in [0.4, 0.5) is 4.79 Å². The van der Waals surface area contributed by atoms with Crippen LogP contribution in [0.1, 0.15) is 39.2 Å². The van der Waals surface area contributed by atoms with Crippen molar-refractivity contribution in [3.8, 4) is 0 Å². The van der Waals surface area contributed by atoms with Crippen molar-refractivity contribution in [3.63, 3.8) is 0 Å². The molecular formula is C23H35N3O6. The number of hydrogen-bond donors (Lipinski definition) is 3. The number of nitrogens with one attached hydrogen (secondary N) is 3. The van der Waals surface area contributed by atoms with E-state index in [-0.39, 0.29) is 25.6 Å². The van der Waals surface area contributed by atoms with E-state index in [1.807, 2.05) is 44.2 Å². The minimum Gasteiger partial charge on any atom is -0.447 e. The second-order valence-electron chi connectivity index (χ2n) is 7.76. The fourth-order valence-electron chi connectivity index (χ4n) is 3.01. The van der Waals surface area contributed by atoms with Crippen molar-refractivity contribution in [1.29, 1.82) is 0 Å². The van der Waals surface area contributed by atoms with Crippen LogP contribution in [-0.4, -0.2) is 62.6 Å². The number of ketones is 1. The van der Waals surface area contributed by atoms with Gasteiger partial charge in [-0.3, -0.25) is 14.4 Å². The molecule has 0 bridgehead atoms. The Labute approximate surface area is 189 Å². The first-order chi connectivity index (χ1) is 15.3. The van der Waals surface area contributed by atoms with Gasteiger partial charge in [-0.1, -0.05) is 44.2 Å². The summed E-state index contributed by atoms with van der Waals surface area (Å²) in [6, 6.07) is 7.54. The van der Waals surface area contributed by atoms with Crippen LogP contribution in [0.5, 0.6) is 0 Å². The molecule has 3 amide bonds. The molecule has 178 valence electrons. The van der Waals surface area contributed by atoms with Gasteiger partial charge >= 0.3 is 6.09 Å². The maximum Gasteiger partial charge on any atom is 0.407 e. The molecule has 0 aliphatic carbocycles. The number of hydrogen-bond acceptors (Lipinski definition) is 6. The van der Waals surface area contributed by atoms with E-state index in [2.05, 4.69) is 16.0 Å². The average molecular weight is 450 g/mol. The molecule has 0 saturated carbocycles. The van der Waals surface area contributed by atoms with Crippen molar-refractivity contribution in [2.45, 2.75) is 52.1 Å². The van der Waals surface area contributed by atoms with Gasteiger partial charge in [-0.25, -0.2) is 4.79 Å². The largest absolute Gasteiger partial charge is 0.447 e. The molecule has 2 unspecified atom stereocenters. The van der Waals surface area contributed by atoms with E-state index >= 15 is 0 Å². The topological polar surface area (TPSA) is 123 Å². The van der Waals surface area contributed by atoms with Gasteiger partial charge in [0.2, 0.25) is 11.7 Å². The Morgan fingerprint density at radius 1 is 0.969 bits per heavy atom. The number of carbonyl (C=O) groups is 4. The standard InChI is InChI=1S/C23H35N3O6/c1-5-24-22(29)20(27)18(12-11-17-9-7-6-8-10-17)25-21(28)19(15-16(2)3)26-23(30)32-14-13-31-4/h6-10,16,18-19H,5,11-15H2,1-4H3,(H,24,29)(H,25,28)(H,26,30). The number of ether oxygens (including phenoxy) is 2. The molecule has 0 radical (unpaired) electrons. The molecule has 0 heterocycles. The third-order valence-corrected chi connectivity index (χ3v) is 4.59. The van der Waals surface area contributed by atoms with Crippen molar-refractivity contribution < 1.29 is 28.7 Å². The van der Waals surface area contributed by atoms with Crippen molar-refractivity contribution in [2.24, 2.45) is 5.92 Å². The zero-order valence-electron chi connectivity index (χ0n) is 19.3. The first-order valence-electron chi connectivity index (χ1n) is 10.9. The highest BCUT2D eigenvalue weighted by atomic mass is 16.6. The number of methoxy groups -OCH3 is 1. The average Bonchev–Trinajstić information content (AvgIpc) is 2.76. The van der Waals surface area contributed by atoms with Crippen LogP contribution < -0.4 is 16.0 Å². The predicted molar refractivity (Wildman–Crippen MR) is 120 cm³/mol. The minimum absolute atomic E-state index is 0.0493. The molecule has 1 rings (SSSR count). The first-order valence-corrected chi connectivity index (χ1v) is 10.9. The monoisotopic (exact) mass is 449 g/mol. The summed E-state index contributed by atoms with van der Waals surface area (Å²) in [5, 5.41) is 7.68. The lowest BCUT2D eigenvalue weighted by atomic mass is 9.99. The van der Waals surface area contributed by atoms with Crippen LogP contribution >= 0.6 is 0 Å². The van der Waals surface area contributed by atoms with E-state index in [0.717, 1.165) is 5.56 Å². The zero-order valence-corrected chi connectivity index (χ0v) is 19.3. The number of rotatable bonds is 14. The number of amides is 3. The van der Waals surface area contributed by atoms with Crippen LogP contribution in [0, 0.1) is 5.92 Å². The van der Waals surface area contributed by atoms with Gasteiger partial charge in [0.25, 0.3) is 5.91 Å². The van der Waals surface area contributed by atoms with E-state index in [0.29, 0.717) is 19.4 Å². The van der Waals surface area contributed by atoms with Crippen molar-refractivity contribution in [2.75, 3.05) is 26.9 Å². The first kappa shape index (κ1) is 27.1. The number of likely N-dealkylation sites (N-methyl/N-ethyl adjacent to an activating group) is 1. The summed E-state index contributed by atoms with van der Waals surface area (Å²) in [4.78, 5) is 49.8. The Hall–Kier alpha value is -2.94. The lowest BCUT2D eigenvalue weighted by Gasteiger charge is -2.23. The fourth-order valence-corrected chi connectivity index (χ4v) is 3.01. The molecule has 0 saturated heterocycles. The SMILES string of the molecule is CCNC(=O)C(=O)C(CCc1ccccc1)NC(=O)C(CC(C)C)NC(=O)OCCOC. The number of Topliss-reactive ketones (excluding diaryl/α,β-unsaturated/α-hetero) is 1. The Morgan fingerprint density at radius 3 is 2.25 bits per heavy atom. The summed E-state index contributed by atoms with van der Waals surface area (Å²) >= 11 is 0. The highest BCUT2D eigenvalue weighted by molar-refractivity contribution is 6.38. The molecule has 0 aliphatic heterocycles. The molecule has 2 atom stereocenters. The molecule has 9 heteroatoms. The second-order valence-corrected chi connectivity index (χ2v) is 7.76. The summed E-state index contributed by atoms with van der Waals surface area (Å²) in [7, 11) is 1.48. The van der Waals surface area contributed by atoms with Crippen LogP contribution in [0.25, 0.3) is 0 Å². The van der Waals surface area contributed by atoms with Gasteiger partial charge in [0.15, 0.2) is 0 Å². The number of aryl methyl sites for hydroxylation is 1. The zero-order chi connectivity index (χ0) is 23.9. The van der Waals surface area contributed by atoms with E-state index in [9.17, 15) is 19.2 Å². The quantitative estimate of drug-likeness (QED) is 0.293. The van der Waals surface area contributed by atoms with Gasteiger partial charge in [-0.05, 0) is 37.7 Å². The maximum absolute atomic E-state index is 13.0. The van der Waals surface area contributed by atoms with Gasteiger partial charge < -0.3 is 25.4 Å². The van der Waals surface area contributed by atoms with Crippen LogP contribution in [0.2, 0.25) is 0 Å². The van der Waals surface area contributed by atoms with Gasteiger partial charge in [0, 0.05) is 13.7 Å². The van der Waals surface area contributed by atoms with E-state index in [1.165, 1.54) is 7.11 Å². The molecule has 1 aromatic carbocycles. The summed E-state index contributed by atoms with van der Waals surface area (Å²) in [6.07, 6.45) is 0.335. The van der Waals surface area contributed by atoms with Crippen molar-refractivity contribution >= 4 is 23.7 Å². The van der Waals surface area contributed by atoms with Gasteiger partial charge in [-0.15, -0.1) is 0 Å². The molecule has 1 aromatic rings. The summed E-state index contributed by atoms with van der Waals surface area (Å²) < 4.78 is 9.82. The van der Waals surface area contributed by atoms with Gasteiger partial charge in [-0.2, -0.15) is 0 Å². The predicted octanol–water partition coefficient (Wildman–Crippen LogP) is 1.60. The summed E-state index contributed by atoms with van der Waals surface area (Å²) in [5.41, 5.74) is 0.981. The molecule has 3 N–H and O–H groups in total. The normalized spacial score (nSPS) is 12.5. The molecule has 0 spiro atoms. The lowest BCUT2D eigenvalue weighted by molar-refractivity contribution is -0.140. The Morgan fingerprint density at radius 2 is 1.66 bits per heavy atom. The van der Waals surface area contributed by atoms with E-state index in [1.54, 1.807) is 6.92 Å². The smallest absolute Gasteiger partial charge is 0.407 e. The highest BCUT2D eigenvalue weighted by Gasteiger charge is 2.30. The molecule has 0 aromatic heterocycles. The summed E-state index contributed by atoms with van der Waals surface area (Å²) in [6.45, 7) is 6.11. The van der Waals surface area contributed by atoms with Crippen LogP contribution in [-0.2, 0) is 30.3 Å². The van der Waals surface area contributed by atoms with E-state index < -0.39 is 35.8 Å². The number of alkyl carbamates (subject to hydrolysis) is 1. The molecule has 0 aliphatic rings. The molecule has 0 fully saturated rings. The Balaban J connectivity index is 2.90. The lowest BCUT2D eigenvalue weighted by Crippen LogP contribution is -2.54. The Bertz CT molecular complexity index is 739. The van der Waals surface area contributed by atoms with Crippen molar-refractivity contribution in [3.05, 3.63) is 35.9 Å². The van der Waals surface area contributed by atoms with Crippen LogP contribution in [0.15, 0.2) is 30.3 Å². The third kappa shape index (κ3) is 10.4. The van der Waals surface area contributed by atoms with E-state index in [4.69, 9.17) is 9.47 Å². The molecular weight excluding hydrogens is 414 g/mol. The number of carbonyl (C=O) groups excluding carboxylic acids is 4.